The zero-order valence-corrected chi connectivity index (χ0v) is 16.6. The molecule has 1 fully saturated rings. The van der Waals surface area contributed by atoms with Crippen LogP contribution in [0.2, 0.25) is 0 Å². The van der Waals surface area contributed by atoms with Crippen molar-refractivity contribution in [2.24, 2.45) is 5.92 Å². The third-order valence-corrected chi connectivity index (χ3v) is 4.98. The van der Waals surface area contributed by atoms with E-state index in [-0.39, 0.29) is 17.9 Å². The number of nitrogens with one attached hydrogen (secondary N) is 1. The lowest BCUT2D eigenvalue weighted by atomic mass is 10.0. The zero-order chi connectivity index (χ0) is 21.0. The number of carbonyl (C=O) groups excluding carboxylic acids is 1. The van der Waals surface area contributed by atoms with Gasteiger partial charge in [0.25, 0.3) is 0 Å². The van der Waals surface area contributed by atoms with Crippen LogP contribution < -0.4 is 19.5 Å². The monoisotopic (exact) mass is 406 g/mol. The van der Waals surface area contributed by atoms with Crippen molar-refractivity contribution in [1.82, 2.24) is 10.3 Å². The average molecular weight is 406 g/mol. The second kappa shape index (κ2) is 9.07. The van der Waals surface area contributed by atoms with Crippen LogP contribution in [0, 0.1) is 5.92 Å². The fraction of sp³-hybridized carbons (Fsp3) is 0.429. The first-order chi connectivity index (χ1) is 13.9. The Morgan fingerprint density at radius 2 is 1.93 bits per heavy atom. The number of nitrogens with zero attached hydrogens (tertiary/aromatic N) is 1. The van der Waals surface area contributed by atoms with Crippen molar-refractivity contribution in [3.05, 3.63) is 36.0 Å². The number of rotatable bonds is 8. The molecule has 0 saturated carbocycles. The fourth-order valence-electron chi connectivity index (χ4n) is 3.30. The number of hydrogen-bond donors (Lipinski definition) is 1. The number of benzene rings is 1. The molecule has 0 unspecified atom stereocenters. The van der Waals surface area contributed by atoms with Gasteiger partial charge in [-0.1, -0.05) is 0 Å². The van der Waals surface area contributed by atoms with Crippen molar-refractivity contribution >= 4 is 5.91 Å². The molecule has 1 saturated heterocycles. The lowest BCUT2D eigenvalue weighted by Crippen LogP contribution is -2.26. The van der Waals surface area contributed by atoms with Gasteiger partial charge < -0.3 is 19.5 Å². The molecule has 1 aliphatic heterocycles. The van der Waals surface area contributed by atoms with Crippen molar-refractivity contribution in [3.63, 3.8) is 0 Å². The van der Waals surface area contributed by atoms with E-state index in [2.05, 4.69) is 10.3 Å². The van der Waals surface area contributed by atoms with E-state index in [4.69, 9.17) is 14.2 Å². The summed E-state index contributed by atoms with van der Waals surface area (Å²) in [5, 5.41) is 2.77. The maximum Gasteiger partial charge on any atom is 0.242 e. The quantitative estimate of drug-likeness (QED) is 0.727. The summed E-state index contributed by atoms with van der Waals surface area (Å²) in [5.74, 6) is 1.42. The van der Waals surface area contributed by atoms with Crippen LogP contribution in [0.3, 0.4) is 0 Å². The molecule has 0 bridgehead atoms. The third kappa shape index (κ3) is 4.93. The molecule has 2 aromatic rings. The molecule has 1 aromatic heterocycles. The molecule has 1 N–H and O–H groups in total. The molecule has 8 heteroatoms. The van der Waals surface area contributed by atoms with Crippen LogP contribution in [0.1, 0.15) is 18.9 Å². The summed E-state index contributed by atoms with van der Waals surface area (Å²) < 4.78 is 42.6. The van der Waals surface area contributed by atoms with E-state index in [0.717, 1.165) is 5.56 Å². The van der Waals surface area contributed by atoms with Gasteiger partial charge in [0.2, 0.25) is 12.3 Å². The summed E-state index contributed by atoms with van der Waals surface area (Å²) in [5.41, 5.74) is 1.63. The molecular formula is C21H24F2N2O4. The summed E-state index contributed by atoms with van der Waals surface area (Å²) in [6.45, 7) is 2.35. The normalized spacial score (nSPS) is 17.2. The van der Waals surface area contributed by atoms with E-state index in [0.29, 0.717) is 41.5 Å². The highest BCUT2D eigenvalue weighted by Gasteiger charge is 2.28. The maximum absolute atomic E-state index is 13.0. The number of alkyl halides is 2. The van der Waals surface area contributed by atoms with Gasteiger partial charge in [-0.05, 0) is 25.1 Å². The van der Waals surface area contributed by atoms with Gasteiger partial charge in [-0.25, -0.2) is 8.78 Å². The van der Waals surface area contributed by atoms with Gasteiger partial charge in [0.15, 0.2) is 11.5 Å². The smallest absolute Gasteiger partial charge is 0.242 e. The molecule has 1 aromatic carbocycles. The first kappa shape index (κ1) is 20.8. The summed E-state index contributed by atoms with van der Waals surface area (Å²) in [6, 6.07) is 6.98. The van der Waals surface area contributed by atoms with Gasteiger partial charge >= 0.3 is 0 Å². The van der Waals surface area contributed by atoms with E-state index in [1.807, 2.05) is 13.0 Å². The molecule has 29 heavy (non-hydrogen) atoms. The SMILES string of the molecule is COc1ccc(-c2cc(O[C@H](C)[C@H]3CNC(=O)C3)c(CC(F)F)cn2)cc1OC. The van der Waals surface area contributed by atoms with E-state index in [1.165, 1.54) is 13.3 Å². The highest BCUT2D eigenvalue weighted by Crippen LogP contribution is 2.34. The van der Waals surface area contributed by atoms with Gasteiger partial charge in [-0.3, -0.25) is 9.78 Å². The van der Waals surface area contributed by atoms with Gasteiger partial charge in [-0.2, -0.15) is 0 Å². The van der Waals surface area contributed by atoms with Crippen LogP contribution in [0.15, 0.2) is 30.5 Å². The van der Waals surface area contributed by atoms with Crippen molar-refractivity contribution in [2.75, 3.05) is 20.8 Å². The molecule has 2 atom stereocenters. The van der Waals surface area contributed by atoms with E-state index in [1.54, 1.807) is 25.3 Å². The highest BCUT2D eigenvalue weighted by molar-refractivity contribution is 5.78. The number of pyridine rings is 1. The fourth-order valence-corrected chi connectivity index (χ4v) is 3.30. The standard InChI is InChI=1S/C21H24F2N2O4/c1-12(14-8-21(26)25-10-14)29-18-9-16(24-11-15(18)7-20(22)23)13-4-5-17(27-2)19(6-13)28-3/h4-6,9,11-12,14,20H,7-8,10H2,1-3H3,(H,25,26)/t12-,14-/m1/s1. The number of hydrogen-bond acceptors (Lipinski definition) is 5. The lowest BCUT2D eigenvalue weighted by molar-refractivity contribution is -0.119. The molecule has 1 aliphatic rings. The summed E-state index contributed by atoms with van der Waals surface area (Å²) in [7, 11) is 3.08. The second-order valence-corrected chi connectivity index (χ2v) is 6.93. The molecule has 1 amide bonds. The van der Waals surface area contributed by atoms with Crippen LogP contribution >= 0.6 is 0 Å². The summed E-state index contributed by atoms with van der Waals surface area (Å²) >= 11 is 0. The second-order valence-electron chi connectivity index (χ2n) is 6.93. The zero-order valence-electron chi connectivity index (χ0n) is 16.6. The molecule has 0 spiro atoms. The van der Waals surface area contributed by atoms with E-state index < -0.39 is 12.8 Å². The Bertz CT molecular complexity index is 876. The Morgan fingerprint density at radius 3 is 2.55 bits per heavy atom. The number of carbonyl (C=O) groups is 1. The Hall–Kier alpha value is -2.90. The topological polar surface area (TPSA) is 69.7 Å². The Kier molecular flexibility index (Phi) is 6.51. The largest absolute Gasteiger partial charge is 0.493 e. The number of methoxy groups -OCH3 is 2. The molecular weight excluding hydrogens is 382 g/mol. The minimum atomic E-state index is -2.52. The first-order valence-corrected chi connectivity index (χ1v) is 9.34. The molecule has 2 heterocycles. The van der Waals surface area contributed by atoms with Crippen molar-refractivity contribution in [3.8, 4) is 28.5 Å². The number of ether oxygens (including phenoxy) is 3. The van der Waals surface area contributed by atoms with Crippen LogP contribution in [-0.2, 0) is 11.2 Å². The summed E-state index contributed by atoms with van der Waals surface area (Å²) in [4.78, 5) is 15.8. The molecule has 0 aliphatic carbocycles. The minimum absolute atomic E-state index is 0.0143. The van der Waals surface area contributed by atoms with Gasteiger partial charge in [0, 0.05) is 48.7 Å². The average Bonchev–Trinajstić information content (AvgIpc) is 3.15. The van der Waals surface area contributed by atoms with Crippen LogP contribution in [-0.4, -0.2) is 44.2 Å². The minimum Gasteiger partial charge on any atom is -0.493 e. The number of halogens is 2. The third-order valence-electron chi connectivity index (χ3n) is 4.98. The predicted molar refractivity (Wildman–Crippen MR) is 104 cm³/mol. The lowest BCUT2D eigenvalue weighted by Gasteiger charge is -2.22. The van der Waals surface area contributed by atoms with E-state index in [9.17, 15) is 13.6 Å². The molecule has 0 radical (unpaired) electrons. The first-order valence-electron chi connectivity index (χ1n) is 9.34. The van der Waals surface area contributed by atoms with Crippen LogP contribution in [0.5, 0.6) is 17.2 Å². The van der Waals surface area contributed by atoms with Gasteiger partial charge in [0.1, 0.15) is 11.9 Å². The summed E-state index contributed by atoms with van der Waals surface area (Å²) in [6.07, 6.45) is -1.51. The van der Waals surface area contributed by atoms with Crippen LogP contribution in [0.4, 0.5) is 8.78 Å². The van der Waals surface area contributed by atoms with Gasteiger partial charge in [0.05, 0.1) is 19.9 Å². The Labute approximate surface area is 168 Å². The van der Waals surface area contributed by atoms with Crippen molar-refractivity contribution in [1.29, 1.82) is 0 Å². The van der Waals surface area contributed by atoms with Gasteiger partial charge in [-0.15, -0.1) is 0 Å². The van der Waals surface area contributed by atoms with Crippen molar-refractivity contribution < 1.29 is 27.8 Å². The number of aromatic nitrogens is 1. The number of amides is 1. The Balaban J connectivity index is 1.92. The van der Waals surface area contributed by atoms with E-state index >= 15 is 0 Å². The maximum atomic E-state index is 13.0. The molecule has 3 rings (SSSR count). The predicted octanol–water partition coefficient (Wildman–Crippen LogP) is 3.48. The highest BCUT2D eigenvalue weighted by atomic mass is 19.3. The van der Waals surface area contributed by atoms with Crippen LogP contribution in [0.25, 0.3) is 11.3 Å². The van der Waals surface area contributed by atoms with Crippen molar-refractivity contribution in [2.45, 2.75) is 32.3 Å². The molecule has 156 valence electrons. The Morgan fingerprint density at radius 1 is 1.17 bits per heavy atom. The molecule has 6 nitrogen and oxygen atoms in total.